The molecule has 0 saturated heterocycles. The lowest BCUT2D eigenvalue weighted by atomic mass is 10.0. The van der Waals surface area contributed by atoms with Crippen LogP contribution in [-0.4, -0.2) is 16.8 Å². The minimum Gasteiger partial charge on any atom is -0.454 e. The van der Waals surface area contributed by atoms with Crippen molar-refractivity contribution >= 4 is 33.1 Å². The summed E-state index contributed by atoms with van der Waals surface area (Å²) in [5.74, 6) is 2.26. The fraction of sp³-hybridized carbons (Fsp3) is 0.0400. The zero-order valence-corrected chi connectivity index (χ0v) is 17.2. The number of thiophene rings is 1. The maximum Gasteiger partial charge on any atom is 0.231 e. The molecule has 6 rings (SSSR count). The van der Waals surface area contributed by atoms with Gasteiger partial charge in [-0.3, -0.25) is 0 Å². The first-order valence-electron chi connectivity index (χ1n) is 9.90. The summed E-state index contributed by atoms with van der Waals surface area (Å²) < 4.78 is 10.9. The Kier molecular flexibility index (Phi) is 4.28. The third-order valence-electron chi connectivity index (χ3n) is 5.31. The van der Waals surface area contributed by atoms with Crippen molar-refractivity contribution in [2.24, 2.45) is 0 Å². The first-order valence-corrected chi connectivity index (χ1v) is 10.8. The van der Waals surface area contributed by atoms with E-state index >= 15 is 0 Å². The molecule has 3 aromatic carbocycles. The number of hydrogen-bond acceptors (Lipinski definition) is 6. The molecule has 0 spiro atoms. The van der Waals surface area contributed by atoms with Gasteiger partial charge in [0, 0.05) is 22.7 Å². The van der Waals surface area contributed by atoms with Crippen molar-refractivity contribution in [2.45, 2.75) is 0 Å². The van der Waals surface area contributed by atoms with Crippen LogP contribution in [-0.2, 0) is 0 Å². The molecular weight excluding hydrogens is 406 g/mol. The molecule has 0 fully saturated rings. The normalized spacial score (nSPS) is 12.3. The molecule has 0 aliphatic carbocycles. The maximum atomic E-state index is 5.50. The Labute approximate surface area is 183 Å². The smallest absolute Gasteiger partial charge is 0.231 e. The van der Waals surface area contributed by atoms with Crippen molar-refractivity contribution in [1.82, 2.24) is 9.97 Å². The van der Waals surface area contributed by atoms with E-state index in [0.717, 1.165) is 44.3 Å². The number of ether oxygens (including phenoxy) is 2. The van der Waals surface area contributed by atoms with Crippen LogP contribution in [0.5, 0.6) is 11.5 Å². The molecule has 0 bridgehead atoms. The monoisotopic (exact) mass is 423 g/mol. The van der Waals surface area contributed by atoms with E-state index in [1.54, 1.807) is 17.7 Å². The molecule has 0 radical (unpaired) electrons. The van der Waals surface area contributed by atoms with Gasteiger partial charge in [-0.15, -0.1) is 11.3 Å². The number of anilines is 2. The van der Waals surface area contributed by atoms with Gasteiger partial charge in [-0.05, 0) is 28.8 Å². The highest BCUT2D eigenvalue weighted by Crippen LogP contribution is 2.39. The van der Waals surface area contributed by atoms with Gasteiger partial charge in [0.25, 0.3) is 0 Å². The van der Waals surface area contributed by atoms with Gasteiger partial charge in [0.2, 0.25) is 6.79 Å². The molecule has 3 heterocycles. The van der Waals surface area contributed by atoms with Gasteiger partial charge >= 0.3 is 0 Å². The minimum atomic E-state index is 0.254. The summed E-state index contributed by atoms with van der Waals surface area (Å²) in [6.07, 6.45) is 1.59. The van der Waals surface area contributed by atoms with E-state index in [4.69, 9.17) is 9.47 Å². The highest BCUT2D eigenvalue weighted by Gasteiger charge is 2.16. The zero-order valence-electron chi connectivity index (χ0n) is 16.4. The Bertz CT molecular complexity index is 1380. The standard InChI is InChI=1S/C25H17N3O2S/c1-2-4-16(5-3-1)17-6-8-18(9-7-17)20-13-31-25-23(20)24(26-14-27-25)28-19-10-11-21-22(12-19)30-15-29-21/h1-14H,15H2,(H,26,27,28). The molecule has 1 aliphatic heterocycles. The average Bonchev–Trinajstić information content (AvgIpc) is 3.47. The van der Waals surface area contributed by atoms with Crippen molar-refractivity contribution in [3.8, 4) is 33.8 Å². The van der Waals surface area contributed by atoms with E-state index in [1.165, 1.54) is 11.1 Å². The fourth-order valence-corrected chi connectivity index (χ4v) is 4.68. The predicted molar refractivity (Wildman–Crippen MR) is 124 cm³/mol. The molecule has 6 heteroatoms. The van der Waals surface area contributed by atoms with Crippen molar-refractivity contribution in [3.63, 3.8) is 0 Å². The van der Waals surface area contributed by atoms with Gasteiger partial charge in [-0.25, -0.2) is 9.97 Å². The van der Waals surface area contributed by atoms with Crippen LogP contribution in [0.25, 0.3) is 32.5 Å². The second kappa shape index (κ2) is 7.41. The average molecular weight is 423 g/mol. The number of hydrogen-bond donors (Lipinski definition) is 1. The van der Waals surface area contributed by atoms with Gasteiger partial charge in [0.15, 0.2) is 11.5 Å². The van der Waals surface area contributed by atoms with Crippen LogP contribution >= 0.6 is 11.3 Å². The Hall–Kier alpha value is -3.90. The van der Waals surface area contributed by atoms with E-state index < -0.39 is 0 Å². The molecule has 5 nitrogen and oxygen atoms in total. The van der Waals surface area contributed by atoms with Crippen molar-refractivity contribution in [1.29, 1.82) is 0 Å². The second-order valence-corrected chi connectivity index (χ2v) is 8.05. The van der Waals surface area contributed by atoms with Gasteiger partial charge in [-0.1, -0.05) is 54.6 Å². The quantitative estimate of drug-likeness (QED) is 0.358. The molecule has 1 N–H and O–H groups in total. The summed E-state index contributed by atoms with van der Waals surface area (Å²) in [5.41, 5.74) is 5.54. The third kappa shape index (κ3) is 3.27. The van der Waals surface area contributed by atoms with Gasteiger partial charge < -0.3 is 14.8 Å². The number of nitrogens with zero attached hydrogens (tertiary/aromatic N) is 2. The minimum absolute atomic E-state index is 0.254. The molecule has 2 aromatic heterocycles. The summed E-state index contributed by atoms with van der Waals surface area (Å²) in [7, 11) is 0. The molecule has 0 atom stereocenters. The summed E-state index contributed by atoms with van der Waals surface area (Å²) in [5, 5.41) is 6.58. The van der Waals surface area contributed by atoms with Gasteiger partial charge in [-0.2, -0.15) is 0 Å². The van der Waals surface area contributed by atoms with Gasteiger partial charge in [0.05, 0.1) is 5.39 Å². The largest absolute Gasteiger partial charge is 0.454 e. The van der Waals surface area contributed by atoms with E-state index in [2.05, 4.69) is 69.2 Å². The highest BCUT2D eigenvalue weighted by atomic mass is 32.1. The topological polar surface area (TPSA) is 56.3 Å². The molecule has 5 aromatic rings. The van der Waals surface area contributed by atoms with Crippen LogP contribution in [0.4, 0.5) is 11.5 Å². The second-order valence-electron chi connectivity index (χ2n) is 7.19. The molecule has 0 amide bonds. The van der Waals surface area contributed by atoms with Crippen LogP contribution < -0.4 is 14.8 Å². The number of fused-ring (bicyclic) bond motifs is 2. The Balaban J connectivity index is 1.38. The summed E-state index contributed by atoms with van der Waals surface area (Å²) in [6.45, 7) is 0.254. The lowest BCUT2D eigenvalue weighted by Gasteiger charge is -2.09. The highest BCUT2D eigenvalue weighted by molar-refractivity contribution is 7.17. The van der Waals surface area contributed by atoms with Crippen LogP contribution in [0.3, 0.4) is 0 Å². The summed E-state index contributed by atoms with van der Waals surface area (Å²) >= 11 is 1.62. The Morgan fingerprint density at radius 3 is 2.42 bits per heavy atom. The lowest BCUT2D eigenvalue weighted by molar-refractivity contribution is 0.174. The summed E-state index contributed by atoms with van der Waals surface area (Å²) in [4.78, 5) is 9.95. The molecule has 150 valence electrons. The Morgan fingerprint density at radius 2 is 1.55 bits per heavy atom. The van der Waals surface area contributed by atoms with Gasteiger partial charge in [0.1, 0.15) is 17.0 Å². The predicted octanol–water partition coefficient (Wildman–Crippen LogP) is 6.50. The lowest BCUT2D eigenvalue weighted by Crippen LogP contribution is -1.95. The number of rotatable bonds is 4. The van der Waals surface area contributed by atoms with E-state index in [9.17, 15) is 0 Å². The zero-order chi connectivity index (χ0) is 20.6. The van der Waals surface area contributed by atoms with Crippen molar-refractivity contribution < 1.29 is 9.47 Å². The molecular formula is C25H17N3O2S. The first-order chi connectivity index (χ1) is 15.3. The van der Waals surface area contributed by atoms with E-state index in [1.807, 2.05) is 24.3 Å². The molecule has 0 unspecified atom stereocenters. The van der Waals surface area contributed by atoms with Crippen LogP contribution in [0.1, 0.15) is 0 Å². The van der Waals surface area contributed by atoms with Crippen LogP contribution in [0.15, 0.2) is 84.5 Å². The van der Waals surface area contributed by atoms with Crippen molar-refractivity contribution in [3.05, 3.63) is 84.5 Å². The summed E-state index contributed by atoms with van der Waals surface area (Å²) in [6, 6.07) is 24.8. The number of aromatic nitrogens is 2. The van der Waals surface area contributed by atoms with Crippen molar-refractivity contribution in [2.75, 3.05) is 12.1 Å². The number of benzene rings is 3. The fourth-order valence-electron chi connectivity index (χ4n) is 3.77. The van der Waals surface area contributed by atoms with Crippen LogP contribution in [0.2, 0.25) is 0 Å². The first kappa shape index (κ1) is 17.9. The molecule has 0 saturated carbocycles. The van der Waals surface area contributed by atoms with Crippen LogP contribution in [0, 0.1) is 0 Å². The number of nitrogens with one attached hydrogen (secondary N) is 1. The third-order valence-corrected chi connectivity index (χ3v) is 6.19. The Morgan fingerprint density at radius 1 is 0.774 bits per heavy atom. The maximum absolute atomic E-state index is 5.50. The SMILES string of the molecule is c1ccc(-c2ccc(-c3csc4ncnc(Nc5ccc6c(c5)OCO6)c34)cc2)cc1. The van der Waals surface area contributed by atoms with E-state index in [0.29, 0.717) is 0 Å². The molecule has 31 heavy (non-hydrogen) atoms. The molecule has 1 aliphatic rings. The van der Waals surface area contributed by atoms with E-state index in [-0.39, 0.29) is 6.79 Å².